The van der Waals surface area contributed by atoms with Crippen molar-refractivity contribution in [3.8, 4) is 0 Å². The molecule has 0 bridgehead atoms. The van der Waals surface area contributed by atoms with Crippen molar-refractivity contribution in [2.75, 3.05) is 34.7 Å². The van der Waals surface area contributed by atoms with Gasteiger partial charge in [0.1, 0.15) is 6.54 Å². The molecular formula is C25H23N3O6S. The van der Waals surface area contributed by atoms with Gasteiger partial charge < -0.3 is 10.1 Å². The van der Waals surface area contributed by atoms with E-state index in [4.69, 9.17) is 4.74 Å². The number of carbonyl (C=O) groups excluding carboxylic acids is 3. The number of fused-ring (bicyclic) bond motifs is 1. The fourth-order valence-corrected chi connectivity index (χ4v) is 4.75. The lowest BCUT2D eigenvalue weighted by molar-refractivity contribution is -0.124. The van der Waals surface area contributed by atoms with Gasteiger partial charge in [0.25, 0.3) is 15.9 Å². The summed E-state index contributed by atoms with van der Waals surface area (Å²) in [6, 6.07) is 19.2. The van der Waals surface area contributed by atoms with E-state index in [9.17, 15) is 22.8 Å². The molecule has 180 valence electrons. The summed E-state index contributed by atoms with van der Waals surface area (Å²) in [6.07, 6.45) is 0. The Morgan fingerprint density at radius 3 is 2.34 bits per heavy atom. The third kappa shape index (κ3) is 5.02. The molecular weight excluding hydrogens is 470 g/mol. The fourth-order valence-electron chi connectivity index (χ4n) is 3.56. The van der Waals surface area contributed by atoms with Crippen molar-refractivity contribution in [2.45, 2.75) is 11.8 Å². The van der Waals surface area contributed by atoms with Crippen LogP contribution >= 0.6 is 0 Å². The van der Waals surface area contributed by atoms with Crippen LogP contribution in [0.25, 0.3) is 0 Å². The summed E-state index contributed by atoms with van der Waals surface area (Å²) in [6.45, 7) is 1.14. The van der Waals surface area contributed by atoms with E-state index in [1.165, 1.54) is 48.3 Å². The van der Waals surface area contributed by atoms with E-state index < -0.39 is 28.5 Å². The minimum Gasteiger partial charge on any atom is -0.452 e. The maximum absolute atomic E-state index is 12.9. The first kappa shape index (κ1) is 24.0. The third-order valence-corrected chi connectivity index (χ3v) is 7.34. The lowest BCUT2D eigenvalue weighted by Crippen LogP contribution is -2.44. The van der Waals surface area contributed by atoms with Crippen LogP contribution < -0.4 is 14.5 Å². The Morgan fingerprint density at radius 2 is 1.66 bits per heavy atom. The molecule has 0 aromatic heterocycles. The van der Waals surface area contributed by atoms with Gasteiger partial charge in [0.05, 0.1) is 27.5 Å². The highest BCUT2D eigenvalue weighted by atomic mass is 32.2. The molecule has 1 aliphatic heterocycles. The number of rotatable bonds is 6. The highest BCUT2D eigenvalue weighted by Crippen LogP contribution is 2.29. The summed E-state index contributed by atoms with van der Waals surface area (Å²) < 4.78 is 32.0. The Bertz CT molecular complexity index is 1390. The molecule has 9 nitrogen and oxygen atoms in total. The van der Waals surface area contributed by atoms with Gasteiger partial charge in [-0.15, -0.1) is 0 Å². The number of benzene rings is 3. The number of hydrogen-bond donors (Lipinski definition) is 1. The minimum absolute atomic E-state index is 0.152. The zero-order chi connectivity index (χ0) is 25.2. The Balaban J connectivity index is 1.41. The summed E-state index contributed by atoms with van der Waals surface area (Å²) in [5.74, 6) is -1.63. The molecule has 3 aromatic rings. The molecule has 0 spiro atoms. The minimum atomic E-state index is -3.77. The highest BCUT2D eigenvalue weighted by Gasteiger charge is 2.27. The van der Waals surface area contributed by atoms with E-state index in [1.807, 2.05) is 6.92 Å². The van der Waals surface area contributed by atoms with E-state index >= 15 is 0 Å². The van der Waals surface area contributed by atoms with Gasteiger partial charge in [0, 0.05) is 7.05 Å². The zero-order valence-electron chi connectivity index (χ0n) is 19.1. The van der Waals surface area contributed by atoms with Crippen LogP contribution in [-0.2, 0) is 24.3 Å². The van der Waals surface area contributed by atoms with Crippen LogP contribution in [0.15, 0.2) is 77.7 Å². The number of nitrogens with one attached hydrogen (secondary N) is 1. The number of anilines is 3. The van der Waals surface area contributed by atoms with Gasteiger partial charge in [-0.1, -0.05) is 29.8 Å². The molecule has 10 heteroatoms. The predicted molar refractivity (Wildman–Crippen MR) is 131 cm³/mol. The quantitative estimate of drug-likeness (QED) is 0.529. The first-order valence-electron chi connectivity index (χ1n) is 10.7. The van der Waals surface area contributed by atoms with E-state index in [1.54, 1.807) is 36.4 Å². The lowest BCUT2D eigenvalue weighted by Gasteiger charge is -2.28. The van der Waals surface area contributed by atoms with Gasteiger partial charge in [-0.3, -0.25) is 18.8 Å². The first-order chi connectivity index (χ1) is 16.7. The van der Waals surface area contributed by atoms with Crippen LogP contribution in [0, 0.1) is 6.92 Å². The highest BCUT2D eigenvalue weighted by molar-refractivity contribution is 7.92. The van der Waals surface area contributed by atoms with Gasteiger partial charge in [-0.05, 0) is 55.5 Å². The molecule has 0 saturated heterocycles. The summed E-state index contributed by atoms with van der Waals surface area (Å²) >= 11 is 0. The summed E-state index contributed by atoms with van der Waals surface area (Å²) in [5, 5.41) is 2.69. The molecule has 2 amide bonds. The van der Waals surface area contributed by atoms with Crippen LogP contribution in [0.2, 0.25) is 0 Å². The van der Waals surface area contributed by atoms with Crippen LogP contribution in [0.3, 0.4) is 0 Å². The van der Waals surface area contributed by atoms with E-state index in [0.717, 1.165) is 9.87 Å². The number of aryl methyl sites for hydroxylation is 1. The molecule has 3 aromatic carbocycles. The van der Waals surface area contributed by atoms with Crippen molar-refractivity contribution in [3.05, 3.63) is 83.9 Å². The number of sulfonamides is 1. The van der Waals surface area contributed by atoms with Gasteiger partial charge in [0.2, 0.25) is 5.91 Å². The van der Waals surface area contributed by atoms with Crippen LogP contribution in [0.5, 0.6) is 0 Å². The van der Waals surface area contributed by atoms with Crippen LogP contribution in [-0.4, -0.2) is 46.4 Å². The molecule has 4 rings (SSSR count). The molecule has 1 heterocycles. The van der Waals surface area contributed by atoms with Crippen molar-refractivity contribution >= 4 is 44.9 Å². The van der Waals surface area contributed by atoms with Crippen LogP contribution in [0.4, 0.5) is 17.1 Å². The monoisotopic (exact) mass is 493 g/mol. The van der Waals surface area contributed by atoms with Gasteiger partial charge in [0.15, 0.2) is 6.61 Å². The van der Waals surface area contributed by atoms with Gasteiger partial charge >= 0.3 is 5.97 Å². The average Bonchev–Trinajstić information content (AvgIpc) is 2.86. The standard InChI is InChI=1S/C25H23N3O6S/c1-17-7-13-20(14-8-17)35(32,33)27(2)19-11-9-18(10-12-19)25(31)34-16-24(30)28-15-23(29)26-21-5-3-4-6-22(21)28/h3-14H,15-16H2,1-2H3,(H,26,29). The van der Waals surface area contributed by atoms with Crippen LogP contribution in [0.1, 0.15) is 15.9 Å². The second-order valence-corrected chi connectivity index (χ2v) is 9.92. The molecule has 0 atom stereocenters. The maximum Gasteiger partial charge on any atom is 0.338 e. The van der Waals surface area contributed by atoms with Crippen molar-refractivity contribution in [1.82, 2.24) is 0 Å². The fraction of sp³-hybridized carbons (Fsp3) is 0.160. The molecule has 0 unspecified atom stereocenters. The lowest BCUT2D eigenvalue weighted by atomic mass is 10.2. The van der Waals surface area contributed by atoms with Crippen molar-refractivity contribution in [3.63, 3.8) is 0 Å². The first-order valence-corrected chi connectivity index (χ1v) is 12.1. The number of ether oxygens (including phenoxy) is 1. The Kier molecular flexibility index (Phi) is 6.57. The smallest absolute Gasteiger partial charge is 0.338 e. The molecule has 1 aliphatic rings. The van der Waals surface area contributed by atoms with Gasteiger partial charge in [-0.25, -0.2) is 13.2 Å². The maximum atomic E-state index is 12.9. The van der Waals surface area contributed by atoms with E-state index in [0.29, 0.717) is 17.1 Å². The van der Waals surface area contributed by atoms with E-state index in [-0.39, 0.29) is 22.9 Å². The topological polar surface area (TPSA) is 113 Å². The second kappa shape index (κ2) is 9.59. The number of carbonyl (C=O) groups is 3. The zero-order valence-corrected chi connectivity index (χ0v) is 19.9. The summed E-state index contributed by atoms with van der Waals surface area (Å²) in [5.41, 5.74) is 2.48. The number of nitrogens with zero attached hydrogens (tertiary/aromatic N) is 2. The van der Waals surface area contributed by atoms with Gasteiger partial charge in [-0.2, -0.15) is 0 Å². The summed E-state index contributed by atoms with van der Waals surface area (Å²) in [7, 11) is -2.35. The normalized spacial score (nSPS) is 13.0. The largest absolute Gasteiger partial charge is 0.452 e. The molecule has 0 saturated carbocycles. The Labute approximate surface area is 203 Å². The van der Waals surface area contributed by atoms with Crippen molar-refractivity contribution in [1.29, 1.82) is 0 Å². The number of hydrogen-bond acceptors (Lipinski definition) is 6. The predicted octanol–water partition coefficient (Wildman–Crippen LogP) is 2.96. The van der Waals surface area contributed by atoms with E-state index in [2.05, 4.69) is 5.32 Å². The molecule has 0 aliphatic carbocycles. The molecule has 0 fully saturated rings. The SMILES string of the molecule is Cc1ccc(S(=O)(=O)N(C)c2ccc(C(=O)OCC(=O)N3CC(=O)Nc4ccccc43)cc2)cc1. The van der Waals surface area contributed by atoms with Crippen molar-refractivity contribution < 1.29 is 27.5 Å². The van der Waals surface area contributed by atoms with Crippen molar-refractivity contribution in [2.24, 2.45) is 0 Å². The Hall–Kier alpha value is -4.18. The summed E-state index contributed by atoms with van der Waals surface area (Å²) in [4.78, 5) is 38.4. The molecule has 35 heavy (non-hydrogen) atoms. The molecule has 0 radical (unpaired) electrons. The average molecular weight is 494 g/mol. The Morgan fingerprint density at radius 1 is 1.00 bits per heavy atom. The second-order valence-electron chi connectivity index (χ2n) is 7.95. The number of amides is 2. The number of esters is 1. The molecule has 1 N–H and O–H groups in total. The third-order valence-electron chi connectivity index (χ3n) is 5.54. The number of para-hydroxylation sites is 2.